The maximum atomic E-state index is 12.5. The van der Waals surface area contributed by atoms with Crippen molar-refractivity contribution in [3.05, 3.63) is 33.8 Å². The molecule has 2 N–H and O–H groups in total. The van der Waals surface area contributed by atoms with Crippen LogP contribution in [0.15, 0.2) is 22.7 Å². The van der Waals surface area contributed by atoms with E-state index in [0.29, 0.717) is 6.42 Å². The molecule has 1 aliphatic rings. The minimum atomic E-state index is -0.967. The van der Waals surface area contributed by atoms with Gasteiger partial charge in [0.15, 0.2) is 0 Å². The van der Waals surface area contributed by atoms with Gasteiger partial charge in [0, 0.05) is 4.47 Å². The molecule has 0 bridgehead atoms. The third-order valence-electron chi connectivity index (χ3n) is 4.28. The maximum Gasteiger partial charge on any atom is 0.326 e. The molecule has 0 saturated carbocycles. The Balaban J connectivity index is 2.15. The van der Waals surface area contributed by atoms with E-state index < -0.39 is 12.0 Å². The van der Waals surface area contributed by atoms with E-state index in [9.17, 15) is 14.7 Å². The summed E-state index contributed by atoms with van der Waals surface area (Å²) in [5, 5.41) is 12.0. The fourth-order valence-corrected chi connectivity index (χ4v) is 3.16. The Bertz CT molecular complexity index is 558. The molecule has 1 aliphatic carbocycles. The van der Waals surface area contributed by atoms with Crippen LogP contribution >= 0.6 is 15.9 Å². The van der Waals surface area contributed by atoms with E-state index in [2.05, 4.69) is 21.2 Å². The standard InChI is InChI=1S/C16H20BrNO3/c1-3-9(2)14(16(20)21)18-15(19)12-7-5-10-4-6-11(17)8-13(10)12/h4,6,8-9,12,14H,3,5,7H2,1-2H3,(H,18,19)(H,20,21)/t9-,12?,14-/m0/s1. The molecule has 5 heteroatoms. The second-order valence-electron chi connectivity index (χ2n) is 5.64. The number of hydrogen-bond donors (Lipinski definition) is 2. The van der Waals surface area contributed by atoms with Gasteiger partial charge in [-0.05, 0) is 42.0 Å². The molecular formula is C16H20BrNO3. The largest absolute Gasteiger partial charge is 0.480 e. The summed E-state index contributed by atoms with van der Waals surface area (Å²) in [6.07, 6.45) is 2.32. The van der Waals surface area contributed by atoms with Crippen LogP contribution < -0.4 is 5.32 Å². The fourth-order valence-electron chi connectivity index (χ4n) is 2.78. The predicted molar refractivity (Wildman–Crippen MR) is 84.2 cm³/mol. The maximum absolute atomic E-state index is 12.5. The van der Waals surface area contributed by atoms with Crippen molar-refractivity contribution in [2.75, 3.05) is 0 Å². The highest BCUT2D eigenvalue weighted by Crippen LogP contribution is 2.35. The van der Waals surface area contributed by atoms with Crippen LogP contribution in [0, 0.1) is 5.92 Å². The zero-order valence-electron chi connectivity index (χ0n) is 12.2. The molecule has 114 valence electrons. The van der Waals surface area contributed by atoms with Crippen LogP contribution in [-0.4, -0.2) is 23.0 Å². The van der Waals surface area contributed by atoms with Gasteiger partial charge in [-0.1, -0.05) is 42.3 Å². The topological polar surface area (TPSA) is 66.4 Å². The number of rotatable bonds is 5. The van der Waals surface area contributed by atoms with E-state index >= 15 is 0 Å². The van der Waals surface area contributed by atoms with Crippen LogP contribution in [0.5, 0.6) is 0 Å². The highest BCUT2D eigenvalue weighted by Gasteiger charge is 2.33. The summed E-state index contributed by atoms with van der Waals surface area (Å²) in [4.78, 5) is 23.8. The summed E-state index contributed by atoms with van der Waals surface area (Å²) in [7, 11) is 0. The first-order chi connectivity index (χ1) is 9.93. The quantitative estimate of drug-likeness (QED) is 0.854. The Morgan fingerprint density at radius 1 is 1.48 bits per heavy atom. The number of carbonyl (C=O) groups is 2. The second kappa shape index (κ2) is 6.60. The molecule has 0 saturated heterocycles. The van der Waals surface area contributed by atoms with Crippen molar-refractivity contribution < 1.29 is 14.7 Å². The van der Waals surface area contributed by atoms with Gasteiger partial charge >= 0.3 is 5.97 Å². The molecule has 1 amide bonds. The Kier molecular flexibility index (Phi) is 5.04. The first-order valence-electron chi connectivity index (χ1n) is 7.25. The molecule has 1 unspecified atom stereocenters. The number of aryl methyl sites for hydroxylation is 1. The molecule has 4 nitrogen and oxygen atoms in total. The van der Waals surface area contributed by atoms with Crippen LogP contribution in [0.1, 0.15) is 43.7 Å². The minimum Gasteiger partial charge on any atom is -0.480 e. The van der Waals surface area contributed by atoms with Gasteiger partial charge in [0.25, 0.3) is 0 Å². The highest BCUT2D eigenvalue weighted by molar-refractivity contribution is 9.10. The molecule has 1 aromatic carbocycles. The van der Waals surface area contributed by atoms with E-state index in [4.69, 9.17) is 0 Å². The summed E-state index contributed by atoms with van der Waals surface area (Å²) >= 11 is 3.42. The van der Waals surface area contributed by atoms with Crippen molar-refractivity contribution >= 4 is 27.8 Å². The van der Waals surface area contributed by atoms with Crippen molar-refractivity contribution in [1.82, 2.24) is 5.32 Å². The molecule has 0 aromatic heterocycles. The summed E-state index contributed by atoms with van der Waals surface area (Å²) in [5.74, 6) is -1.48. The van der Waals surface area contributed by atoms with Gasteiger partial charge in [-0.25, -0.2) is 4.79 Å². The number of carboxylic acids is 1. The Labute approximate surface area is 133 Å². The monoisotopic (exact) mass is 353 g/mol. The van der Waals surface area contributed by atoms with Gasteiger partial charge in [-0.3, -0.25) is 4.79 Å². The summed E-state index contributed by atoms with van der Waals surface area (Å²) < 4.78 is 0.942. The van der Waals surface area contributed by atoms with Gasteiger partial charge in [0.1, 0.15) is 6.04 Å². The van der Waals surface area contributed by atoms with Crippen LogP contribution in [0.4, 0.5) is 0 Å². The number of amides is 1. The number of nitrogens with one attached hydrogen (secondary N) is 1. The van der Waals surface area contributed by atoms with Gasteiger partial charge in [-0.2, -0.15) is 0 Å². The second-order valence-corrected chi connectivity index (χ2v) is 6.56. The lowest BCUT2D eigenvalue weighted by atomic mass is 9.96. The van der Waals surface area contributed by atoms with Crippen molar-refractivity contribution in [2.24, 2.45) is 5.92 Å². The van der Waals surface area contributed by atoms with Crippen LogP contribution in [0.25, 0.3) is 0 Å². The average Bonchev–Trinajstić information content (AvgIpc) is 2.86. The molecule has 0 fully saturated rings. The lowest BCUT2D eigenvalue weighted by molar-refractivity contribution is -0.143. The summed E-state index contributed by atoms with van der Waals surface area (Å²) in [5.41, 5.74) is 2.18. The number of halogens is 1. The molecule has 21 heavy (non-hydrogen) atoms. The lowest BCUT2D eigenvalue weighted by Gasteiger charge is -2.22. The number of fused-ring (bicyclic) bond motifs is 1. The van der Waals surface area contributed by atoms with Crippen molar-refractivity contribution in [2.45, 2.75) is 45.1 Å². The zero-order chi connectivity index (χ0) is 15.6. The fraction of sp³-hybridized carbons (Fsp3) is 0.500. The lowest BCUT2D eigenvalue weighted by Crippen LogP contribution is -2.46. The third-order valence-corrected chi connectivity index (χ3v) is 4.77. The molecule has 0 radical (unpaired) electrons. The first kappa shape index (κ1) is 16.0. The van der Waals surface area contributed by atoms with Gasteiger partial charge in [0.05, 0.1) is 5.92 Å². The molecule has 0 spiro atoms. The van der Waals surface area contributed by atoms with Crippen molar-refractivity contribution in [3.63, 3.8) is 0 Å². The summed E-state index contributed by atoms with van der Waals surface area (Å²) in [6, 6.07) is 5.14. The molecular weight excluding hydrogens is 334 g/mol. The first-order valence-corrected chi connectivity index (χ1v) is 8.04. The van der Waals surface area contributed by atoms with Crippen molar-refractivity contribution in [3.8, 4) is 0 Å². The Morgan fingerprint density at radius 2 is 2.19 bits per heavy atom. The predicted octanol–water partition coefficient (Wildman–Crippen LogP) is 3.09. The normalized spacial score (nSPS) is 19.7. The van der Waals surface area contributed by atoms with E-state index in [1.165, 1.54) is 5.56 Å². The van der Waals surface area contributed by atoms with Crippen molar-refractivity contribution in [1.29, 1.82) is 0 Å². The van der Waals surface area contributed by atoms with Gasteiger partial charge < -0.3 is 10.4 Å². The number of benzene rings is 1. The summed E-state index contributed by atoms with van der Waals surface area (Å²) in [6.45, 7) is 3.77. The number of carbonyl (C=O) groups excluding carboxylic acids is 1. The zero-order valence-corrected chi connectivity index (χ0v) is 13.8. The minimum absolute atomic E-state index is 0.0881. The Morgan fingerprint density at radius 3 is 2.81 bits per heavy atom. The van der Waals surface area contributed by atoms with E-state index in [-0.39, 0.29) is 17.7 Å². The number of hydrogen-bond acceptors (Lipinski definition) is 2. The van der Waals surface area contributed by atoms with E-state index in [1.54, 1.807) is 0 Å². The molecule has 1 aromatic rings. The highest BCUT2D eigenvalue weighted by atomic mass is 79.9. The van der Waals surface area contributed by atoms with Gasteiger partial charge in [0.2, 0.25) is 5.91 Å². The molecule has 0 aliphatic heterocycles. The smallest absolute Gasteiger partial charge is 0.326 e. The van der Waals surface area contributed by atoms with Crippen LogP contribution in [-0.2, 0) is 16.0 Å². The average molecular weight is 354 g/mol. The molecule has 2 rings (SSSR count). The van der Waals surface area contributed by atoms with E-state index in [0.717, 1.165) is 22.9 Å². The van der Waals surface area contributed by atoms with E-state index in [1.807, 2.05) is 32.0 Å². The van der Waals surface area contributed by atoms with Crippen LogP contribution in [0.2, 0.25) is 0 Å². The number of carboxylic acid groups (broad SMARTS) is 1. The SMILES string of the molecule is CC[C@H](C)[C@H](NC(=O)C1CCc2ccc(Br)cc21)C(=O)O. The molecule has 0 heterocycles. The molecule has 3 atom stereocenters. The van der Waals surface area contributed by atoms with Gasteiger partial charge in [-0.15, -0.1) is 0 Å². The Hall–Kier alpha value is -1.36. The third kappa shape index (κ3) is 3.46. The van der Waals surface area contributed by atoms with Crippen LogP contribution in [0.3, 0.4) is 0 Å². The number of aliphatic carboxylic acids is 1.